The normalized spacial score (nSPS) is 10.9. The fourth-order valence-corrected chi connectivity index (χ4v) is 2.60. The van der Waals surface area contributed by atoms with Gasteiger partial charge in [-0.1, -0.05) is 61.7 Å². The minimum Gasteiger partial charge on any atom is -0.356 e. The van der Waals surface area contributed by atoms with Crippen LogP contribution in [-0.2, 0) is 24.5 Å². The van der Waals surface area contributed by atoms with Gasteiger partial charge in [-0.05, 0) is 18.4 Å². The molecule has 0 amide bonds. The minimum absolute atomic E-state index is 0.00409. The zero-order valence-corrected chi connectivity index (χ0v) is 13.9. The van der Waals surface area contributed by atoms with E-state index in [1.54, 1.807) is 0 Å². The van der Waals surface area contributed by atoms with Gasteiger partial charge in [-0.25, -0.2) is 4.79 Å². The van der Waals surface area contributed by atoms with E-state index in [-0.39, 0.29) is 11.9 Å². The number of nitrogens with zero attached hydrogens (tertiary/aromatic N) is 1. The first-order valence-corrected chi connectivity index (χ1v) is 8.14. The van der Waals surface area contributed by atoms with Gasteiger partial charge in [0, 0.05) is 0 Å². The molecule has 1 N–H and O–H groups in total. The Morgan fingerprint density at radius 1 is 1.17 bits per heavy atom. The summed E-state index contributed by atoms with van der Waals surface area (Å²) in [5.74, 6) is 0. The van der Waals surface area contributed by atoms with Crippen molar-refractivity contribution in [3.63, 3.8) is 0 Å². The van der Waals surface area contributed by atoms with Crippen molar-refractivity contribution in [1.82, 2.24) is 9.55 Å². The molecule has 0 saturated carbocycles. The van der Waals surface area contributed by atoms with E-state index < -0.39 is 11.2 Å². The number of rotatable bonds is 8. The average molecular weight is 337 g/mol. The van der Waals surface area contributed by atoms with Crippen molar-refractivity contribution in [1.29, 1.82) is 0 Å². The second-order valence-corrected chi connectivity index (χ2v) is 5.73. The molecular weight excluding hydrogens is 316 g/mol. The Bertz CT molecular complexity index is 738. The molecule has 1 aromatic carbocycles. The summed E-state index contributed by atoms with van der Waals surface area (Å²) in [5.41, 5.74) is 0.495. The quantitative estimate of drug-likeness (QED) is 0.595. The second kappa shape index (κ2) is 8.70. The van der Waals surface area contributed by atoms with Crippen molar-refractivity contribution in [3.8, 4) is 0 Å². The zero-order valence-electron chi connectivity index (χ0n) is 13.2. The summed E-state index contributed by atoms with van der Waals surface area (Å²) >= 11 is 6.24. The smallest absolute Gasteiger partial charge is 0.331 e. The van der Waals surface area contributed by atoms with Gasteiger partial charge >= 0.3 is 5.69 Å². The maximum absolute atomic E-state index is 11.9. The highest BCUT2D eigenvalue weighted by Crippen LogP contribution is 2.13. The number of benzene rings is 1. The molecule has 0 aliphatic carbocycles. The van der Waals surface area contributed by atoms with Gasteiger partial charge in [0.2, 0.25) is 0 Å². The Hall–Kier alpha value is -1.85. The third-order valence-electron chi connectivity index (χ3n) is 3.59. The van der Waals surface area contributed by atoms with Gasteiger partial charge in [0.15, 0.2) is 0 Å². The number of hydrogen-bond donors (Lipinski definition) is 1. The predicted octanol–water partition coefficient (Wildman–Crippen LogP) is 3.10. The molecule has 23 heavy (non-hydrogen) atoms. The van der Waals surface area contributed by atoms with E-state index in [1.165, 1.54) is 4.57 Å². The number of unbranched alkanes of at least 4 members (excludes halogenated alkanes) is 2. The monoisotopic (exact) mass is 336 g/mol. The van der Waals surface area contributed by atoms with Crippen LogP contribution in [0.2, 0.25) is 5.15 Å². The summed E-state index contributed by atoms with van der Waals surface area (Å²) in [4.78, 5) is 26.1. The number of ether oxygens (including phenoxy) is 1. The lowest BCUT2D eigenvalue weighted by Crippen LogP contribution is -2.33. The van der Waals surface area contributed by atoms with Crippen molar-refractivity contribution in [2.45, 2.75) is 45.9 Å². The molecule has 2 aromatic rings. The molecule has 124 valence electrons. The van der Waals surface area contributed by atoms with Crippen LogP contribution in [0.5, 0.6) is 0 Å². The molecule has 6 heteroatoms. The molecule has 0 aliphatic heterocycles. The first-order chi connectivity index (χ1) is 11.1. The topological polar surface area (TPSA) is 64.1 Å². The van der Waals surface area contributed by atoms with Crippen LogP contribution in [0.25, 0.3) is 0 Å². The van der Waals surface area contributed by atoms with Crippen molar-refractivity contribution in [2.75, 3.05) is 0 Å². The third-order valence-corrected chi connectivity index (χ3v) is 4.02. The molecule has 1 heterocycles. The lowest BCUT2D eigenvalue weighted by atomic mass is 10.1. The van der Waals surface area contributed by atoms with Gasteiger partial charge in [-0.3, -0.25) is 14.3 Å². The molecule has 0 saturated heterocycles. The van der Waals surface area contributed by atoms with Crippen LogP contribution < -0.4 is 11.2 Å². The highest BCUT2D eigenvalue weighted by molar-refractivity contribution is 6.30. The molecule has 1 aromatic heterocycles. The molecule has 0 radical (unpaired) electrons. The van der Waals surface area contributed by atoms with Gasteiger partial charge in [-0.15, -0.1) is 0 Å². The van der Waals surface area contributed by atoms with Crippen LogP contribution in [-0.4, -0.2) is 9.55 Å². The number of H-pyrrole nitrogens is 1. The van der Waals surface area contributed by atoms with Crippen molar-refractivity contribution < 1.29 is 4.74 Å². The largest absolute Gasteiger partial charge is 0.356 e. The van der Waals surface area contributed by atoms with Crippen LogP contribution in [0.15, 0.2) is 39.9 Å². The molecular formula is C17H21ClN2O3. The second-order valence-electron chi connectivity index (χ2n) is 5.38. The van der Waals surface area contributed by atoms with Gasteiger partial charge in [-0.2, -0.15) is 0 Å². The molecule has 0 unspecified atom stereocenters. The lowest BCUT2D eigenvalue weighted by molar-refractivity contribution is 0.0608. The maximum atomic E-state index is 11.9. The van der Waals surface area contributed by atoms with E-state index in [2.05, 4.69) is 11.9 Å². The Labute approximate surface area is 139 Å². The van der Waals surface area contributed by atoms with E-state index >= 15 is 0 Å². The summed E-state index contributed by atoms with van der Waals surface area (Å²) in [6.45, 7) is 2.46. The summed E-state index contributed by atoms with van der Waals surface area (Å²) in [6, 6.07) is 9.64. The van der Waals surface area contributed by atoms with Crippen LogP contribution in [0, 0.1) is 0 Å². The maximum Gasteiger partial charge on any atom is 0.331 e. The molecule has 2 rings (SSSR count). The minimum atomic E-state index is -0.549. The Kier molecular flexibility index (Phi) is 6.62. The van der Waals surface area contributed by atoms with Crippen LogP contribution in [0.1, 0.15) is 37.3 Å². The molecule has 0 bridgehead atoms. The summed E-state index contributed by atoms with van der Waals surface area (Å²) in [7, 11) is 0. The predicted molar refractivity (Wildman–Crippen MR) is 90.8 cm³/mol. The fraction of sp³-hybridized carbons (Fsp3) is 0.412. The number of halogens is 1. The average Bonchev–Trinajstić information content (AvgIpc) is 2.54. The van der Waals surface area contributed by atoms with E-state index in [4.69, 9.17) is 16.3 Å². The summed E-state index contributed by atoms with van der Waals surface area (Å²) in [5, 5.41) is 0.169. The standard InChI is InChI=1S/C17H21ClN2O3/c1-2-3-5-10-14-15(18)20(17(22)19-16(14)21)12-23-11-13-8-6-4-7-9-13/h4,6-9H,2-3,5,10-12H2,1H3,(H,19,21,22). The summed E-state index contributed by atoms with van der Waals surface area (Å²) in [6.07, 6.45) is 3.48. The number of aromatic nitrogens is 2. The van der Waals surface area contributed by atoms with Gasteiger partial charge in [0.05, 0.1) is 12.2 Å². The van der Waals surface area contributed by atoms with Crippen molar-refractivity contribution in [2.24, 2.45) is 0 Å². The van der Waals surface area contributed by atoms with E-state index in [0.29, 0.717) is 18.6 Å². The van der Waals surface area contributed by atoms with E-state index in [0.717, 1.165) is 24.8 Å². The number of nitrogens with one attached hydrogen (secondary N) is 1. The van der Waals surface area contributed by atoms with Crippen LogP contribution in [0.3, 0.4) is 0 Å². The molecule has 0 spiro atoms. The molecule has 0 aliphatic rings. The Morgan fingerprint density at radius 2 is 1.91 bits per heavy atom. The highest BCUT2D eigenvalue weighted by Gasteiger charge is 2.12. The van der Waals surface area contributed by atoms with Crippen molar-refractivity contribution in [3.05, 3.63) is 67.4 Å². The van der Waals surface area contributed by atoms with Crippen LogP contribution >= 0.6 is 11.6 Å². The van der Waals surface area contributed by atoms with E-state index in [9.17, 15) is 9.59 Å². The molecule has 0 atom stereocenters. The van der Waals surface area contributed by atoms with Crippen molar-refractivity contribution >= 4 is 11.6 Å². The van der Waals surface area contributed by atoms with Crippen LogP contribution in [0.4, 0.5) is 0 Å². The first-order valence-electron chi connectivity index (χ1n) is 7.76. The zero-order chi connectivity index (χ0) is 16.7. The number of aromatic amines is 1. The fourth-order valence-electron chi connectivity index (χ4n) is 2.30. The van der Waals surface area contributed by atoms with E-state index in [1.807, 2.05) is 30.3 Å². The van der Waals surface area contributed by atoms with Gasteiger partial charge < -0.3 is 4.74 Å². The van der Waals surface area contributed by atoms with Gasteiger partial charge in [0.1, 0.15) is 11.9 Å². The first kappa shape index (κ1) is 17.5. The SMILES string of the molecule is CCCCCc1c(Cl)n(COCc2ccccc2)c(=O)[nH]c1=O. The third kappa shape index (κ3) is 4.81. The summed E-state index contributed by atoms with van der Waals surface area (Å²) < 4.78 is 6.80. The molecule has 5 nitrogen and oxygen atoms in total. The Balaban J connectivity index is 2.10. The lowest BCUT2D eigenvalue weighted by Gasteiger charge is -2.12. The highest BCUT2D eigenvalue weighted by atomic mass is 35.5. The number of hydrogen-bond acceptors (Lipinski definition) is 3. The molecule has 0 fully saturated rings. The Morgan fingerprint density at radius 3 is 2.61 bits per heavy atom. The van der Waals surface area contributed by atoms with Gasteiger partial charge in [0.25, 0.3) is 5.56 Å².